The Morgan fingerprint density at radius 3 is 2.42 bits per heavy atom. The van der Waals surface area contributed by atoms with E-state index in [1.807, 2.05) is 38.1 Å². The molecule has 0 aliphatic rings. The average Bonchev–Trinajstić information content (AvgIpc) is 2.68. The third kappa shape index (κ3) is 2.51. The SMILES string of the molecule is Cc1cc(C)n(CC(N)(C(N)=O)c2ccccc2)n1. The molecule has 1 aromatic heterocycles. The summed E-state index contributed by atoms with van der Waals surface area (Å²) >= 11 is 0. The lowest BCUT2D eigenvalue weighted by Gasteiger charge is -2.27. The summed E-state index contributed by atoms with van der Waals surface area (Å²) in [5, 5.41) is 4.33. The second-order valence-corrected chi connectivity index (χ2v) is 4.79. The molecule has 1 atom stereocenters. The minimum atomic E-state index is -1.26. The van der Waals surface area contributed by atoms with Gasteiger partial charge >= 0.3 is 0 Å². The molecule has 2 aromatic rings. The maximum atomic E-state index is 11.8. The van der Waals surface area contributed by atoms with Gasteiger partial charge in [0.15, 0.2) is 0 Å². The lowest BCUT2D eigenvalue weighted by Crippen LogP contribution is -2.52. The van der Waals surface area contributed by atoms with E-state index in [1.54, 1.807) is 16.8 Å². The molecule has 5 heteroatoms. The van der Waals surface area contributed by atoms with E-state index in [0.717, 1.165) is 11.4 Å². The van der Waals surface area contributed by atoms with Crippen LogP contribution in [0, 0.1) is 13.8 Å². The number of amides is 1. The molecular weight excluding hydrogens is 240 g/mol. The van der Waals surface area contributed by atoms with Crippen molar-refractivity contribution in [1.29, 1.82) is 0 Å². The standard InChI is InChI=1S/C14H18N4O/c1-10-8-11(2)18(17-10)9-14(16,13(15)19)12-6-4-3-5-7-12/h3-8H,9,16H2,1-2H3,(H2,15,19). The van der Waals surface area contributed by atoms with Crippen LogP contribution in [-0.4, -0.2) is 15.7 Å². The highest BCUT2D eigenvalue weighted by atomic mass is 16.1. The molecule has 5 nitrogen and oxygen atoms in total. The van der Waals surface area contributed by atoms with E-state index in [1.165, 1.54) is 0 Å². The molecule has 0 aliphatic carbocycles. The average molecular weight is 258 g/mol. The smallest absolute Gasteiger partial charge is 0.244 e. The monoisotopic (exact) mass is 258 g/mol. The Balaban J connectivity index is 2.41. The molecule has 1 aromatic carbocycles. The summed E-state index contributed by atoms with van der Waals surface area (Å²) in [6, 6.07) is 11.1. The molecule has 4 N–H and O–H groups in total. The van der Waals surface area contributed by atoms with Crippen LogP contribution < -0.4 is 11.5 Å². The number of carbonyl (C=O) groups is 1. The highest BCUT2D eigenvalue weighted by Crippen LogP contribution is 2.21. The molecule has 19 heavy (non-hydrogen) atoms. The first-order chi connectivity index (χ1) is 8.93. The van der Waals surface area contributed by atoms with Gasteiger partial charge in [-0.1, -0.05) is 30.3 Å². The Bertz CT molecular complexity index is 591. The quantitative estimate of drug-likeness (QED) is 0.852. The van der Waals surface area contributed by atoms with Crippen molar-refractivity contribution >= 4 is 5.91 Å². The highest BCUT2D eigenvalue weighted by molar-refractivity contribution is 5.85. The van der Waals surface area contributed by atoms with Crippen molar-refractivity contribution in [2.75, 3.05) is 0 Å². The summed E-state index contributed by atoms with van der Waals surface area (Å²) in [6.45, 7) is 4.05. The van der Waals surface area contributed by atoms with Crippen LogP contribution in [0.5, 0.6) is 0 Å². The minimum absolute atomic E-state index is 0.228. The van der Waals surface area contributed by atoms with E-state index >= 15 is 0 Å². The molecule has 1 unspecified atom stereocenters. The van der Waals surface area contributed by atoms with E-state index < -0.39 is 11.4 Å². The van der Waals surface area contributed by atoms with Gasteiger partial charge in [-0.05, 0) is 25.5 Å². The molecule has 0 saturated heterocycles. The minimum Gasteiger partial charge on any atom is -0.368 e. The van der Waals surface area contributed by atoms with Gasteiger partial charge in [0.05, 0.1) is 12.2 Å². The summed E-state index contributed by atoms with van der Waals surface area (Å²) in [7, 11) is 0. The second-order valence-electron chi connectivity index (χ2n) is 4.79. The molecule has 0 radical (unpaired) electrons. The zero-order valence-electron chi connectivity index (χ0n) is 11.1. The molecule has 0 spiro atoms. The Morgan fingerprint density at radius 1 is 1.32 bits per heavy atom. The van der Waals surface area contributed by atoms with Gasteiger partial charge in [-0.3, -0.25) is 9.48 Å². The van der Waals surface area contributed by atoms with Crippen molar-refractivity contribution in [2.24, 2.45) is 11.5 Å². The fourth-order valence-electron chi connectivity index (χ4n) is 2.12. The number of rotatable bonds is 4. The van der Waals surface area contributed by atoms with Gasteiger partial charge in [-0.15, -0.1) is 0 Å². The van der Waals surface area contributed by atoms with Crippen LogP contribution in [0.4, 0.5) is 0 Å². The van der Waals surface area contributed by atoms with Gasteiger partial charge < -0.3 is 11.5 Å². The van der Waals surface area contributed by atoms with Crippen molar-refractivity contribution in [3.05, 3.63) is 53.3 Å². The summed E-state index contributed by atoms with van der Waals surface area (Å²) in [5.41, 5.74) is 13.0. The topological polar surface area (TPSA) is 86.9 Å². The van der Waals surface area contributed by atoms with E-state index in [4.69, 9.17) is 11.5 Å². The van der Waals surface area contributed by atoms with Crippen LogP contribution in [0.15, 0.2) is 36.4 Å². The number of hydrogen-bond acceptors (Lipinski definition) is 3. The largest absolute Gasteiger partial charge is 0.368 e. The van der Waals surface area contributed by atoms with E-state index in [-0.39, 0.29) is 6.54 Å². The van der Waals surface area contributed by atoms with Crippen LogP contribution in [0.1, 0.15) is 17.0 Å². The number of primary amides is 1. The van der Waals surface area contributed by atoms with Gasteiger partial charge in [0.25, 0.3) is 0 Å². The maximum absolute atomic E-state index is 11.8. The second kappa shape index (κ2) is 4.85. The molecule has 0 saturated carbocycles. The predicted octanol–water partition coefficient (Wildman–Crippen LogP) is 0.839. The Morgan fingerprint density at radius 2 is 1.95 bits per heavy atom. The van der Waals surface area contributed by atoms with Gasteiger partial charge in [0.1, 0.15) is 5.54 Å². The van der Waals surface area contributed by atoms with Crippen molar-refractivity contribution in [2.45, 2.75) is 25.9 Å². The zero-order valence-corrected chi connectivity index (χ0v) is 11.1. The highest BCUT2D eigenvalue weighted by Gasteiger charge is 2.35. The van der Waals surface area contributed by atoms with E-state index in [0.29, 0.717) is 5.56 Å². The normalized spacial score (nSPS) is 14.1. The lowest BCUT2D eigenvalue weighted by atomic mass is 9.90. The third-order valence-corrected chi connectivity index (χ3v) is 3.23. The summed E-state index contributed by atoms with van der Waals surface area (Å²) in [4.78, 5) is 11.8. The Kier molecular flexibility index (Phi) is 3.40. The molecular formula is C14H18N4O. The number of nitrogens with two attached hydrogens (primary N) is 2. The van der Waals surface area contributed by atoms with Crippen LogP contribution in [0.3, 0.4) is 0 Å². The Hall–Kier alpha value is -2.14. The number of aromatic nitrogens is 2. The fraction of sp³-hybridized carbons (Fsp3) is 0.286. The first-order valence-corrected chi connectivity index (χ1v) is 6.09. The zero-order chi connectivity index (χ0) is 14.0. The third-order valence-electron chi connectivity index (χ3n) is 3.23. The van der Waals surface area contributed by atoms with E-state index in [9.17, 15) is 4.79 Å². The molecule has 1 heterocycles. The predicted molar refractivity (Wildman–Crippen MR) is 73.2 cm³/mol. The van der Waals surface area contributed by atoms with E-state index in [2.05, 4.69) is 5.10 Å². The first kappa shape index (κ1) is 13.3. The van der Waals surface area contributed by atoms with Crippen LogP contribution in [-0.2, 0) is 16.9 Å². The van der Waals surface area contributed by atoms with Crippen molar-refractivity contribution in [3.63, 3.8) is 0 Å². The first-order valence-electron chi connectivity index (χ1n) is 6.09. The van der Waals surface area contributed by atoms with Crippen molar-refractivity contribution in [3.8, 4) is 0 Å². The van der Waals surface area contributed by atoms with Gasteiger partial charge in [-0.2, -0.15) is 5.10 Å². The number of carbonyl (C=O) groups excluding carboxylic acids is 1. The molecule has 0 fully saturated rings. The Labute approximate surface area is 112 Å². The lowest BCUT2D eigenvalue weighted by molar-refractivity contribution is -0.124. The molecule has 100 valence electrons. The number of hydrogen-bond donors (Lipinski definition) is 2. The summed E-state index contributed by atoms with van der Waals surface area (Å²) in [5.74, 6) is -0.564. The summed E-state index contributed by atoms with van der Waals surface area (Å²) < 4.78 is 1.72. The number of benzene rings is 1. The number of nitrogens with zero attached hydrogens (tertiary/aromatic N) is 2. The molecule has 1 amide bonds. The summed E-state index contributed by atoms with van der Waals surface area (Å²) in [6.07, 6.45) is 0. The van der Waals surface area contributed by atoms with Gasteiger partial charge in [-0.25, -0.2) is 0 Å². The maximum Gasteiger partial charge on any atom is 0.244 e. The van der Waals surface area contributed by atoms with Crippen LogP contribution in [0.25, 0.3) is 0 Å². The van der Waals surface area contributed by atoms with Crippen molar-refractivity contribution < 1.29 is 4.79 Å². The molecule has 0 aliphatic heterocycles. The van der Waals surface area contributed by atoms with Crippen LogP contribution in [0.2, 0.25) is 0 Å². The number of aryl methyl sites for hydroxylation is 2. The van der Waals surface area contributed by atoms with Gasteiger partial charge in [0, 0.05) is 5.69 Å². The van der Waals surface area contributed by atoms with Gasteiger partial charge in [0.2, 0.25) is 5.91 Å². The van der Waals surface area contributed by atoms with Crippen molar-refractivity contribution in [1.82, 2.24) is 9.78 Å². The molecule has 2 rings (SSSR count). The molecule has 0 bridgehead atoms. The fourth-order valence-corrected chi connectivity index (χ4v) is 2.12. The van der Waals surface area contributed by atoms with Crippen LogP contribution >= 0.6 is 0 Å².